The van der Waals surface area contributed by atoms with E-state index in [-0.39, 0.29) is 5.75 Å². The van der Waals surface area contributed by atoms with Gasteiger partial charge in [0.15, 0.2) is 5.82 Å². The van der Waals surface area contributed by atoms with Gasteiger partial charge in [-0.2, -0.15) is 0 Å². The fourth-order valence-electron chi connectivity index (χ4n) is 3.60. The van der Waals surface area contributed by atoms with Crippen molar-refractivity contribution in [1.82, 2.24) is 9.97 Å². The lowest BCUT2D eigenvalue weighted by Crippen LogP contribution is -1.96. The molecular formula is C28H20N2O. The highest BCUT2D eigenvalue weighted by molar-refractivity contribution is 5.75. The van der Waals surface area contributed by atoms with Crippen molar-refractivity contribution in [2.45, 2.75) is 0 Å². The zero-order chi connectivity index (χ0) is 21.0. The van der Waals surface area contributed by atoms with Gasteiger partial charge in [0, 0.05) is 11.1 Å². The molecule has 5 aromatic rings. The molecule has 1 heterocycles. The molecule has 0 radical (unpaired) electrons. The third-order valence-electron chi connectivity index (χ3n) is 5.23. The molecule has 0 saturated heterocycles. The van der Waals surface area contributed by atoms with E-state index >= 15 is 0 Å². The average Bonchev–Trinajstić information content (AvgIpc) is 2.85. The van der Waals surface area contributed by atoms with Gasteiger partial charge in [-0.05, 0) is 29.3 Å². The van der Waals surface area contributed by atoms with Crippen molar-refractivity contribution in [3.05, 3.63) is 115 Å². The maximum atomic E-state index is 10.4. The van der Waals surface area contributed by atoms with E-state index in [1.54, 1.807) is 12.1 Å². The number of aromatic hydroxyl groups is 1. The van der Waals surface area contributed by atoms with Gasteiger partial charge in [-0.15, -0.1) is 0 Å². The van der Waals surface area contributed by atoms with Gasteiger partial charge in [-0.25, -0.2) is 9.97 Å². The van der Waals surface area contributed by atoms with Gasteiger partial charge < -0.3 is 5.11 Å². The molecule has 4 aromatic carbocycles. The Morgan fingerprint density at radius 1 is 0.452 bits per heavy atom. The highest BCUT2D eigenvalue weighted by atomic mass is 16.3. The van der Waals surface area contributed by atoms with Crippen molar-refractivity contribution < 1.29 is 5.11 Å². The van der Waals surface area contributed by atoms with Crippen molar-refractivity contribution in [1.29, 1.82) is 0 Å². The fourth-order valence-corrected chi connectivity index (χ4v) is 3.60. The quantitative estimate of drug-likeness (QED) is 0.359. The summed E-state index contributed by atoms with van der Waals surface area (Å²) in [5.74, 6) is 0.666. The van der Waals surface area contributed by atoms with Gasteiger partial charge in [0.1, 0.15) is 5.75 Å². The molecule has 0 fully saturated rings. The van der Waals surface area contributed by atoms with E-state index in [1.165, 1.54) is 5.56 Å². The molecule has 5 rings (SSSR count). The maximum absolute atomic E-state index is 10.4. The second-order valence-electron chi connectivity index (χ2n) is 7.29. The highest BCUT2D eigenvalue weighted by Gasteiger charge is 2.13. The SMILES string of the molecule is Oc1ccccc1-c1nc(-c2ccccc2)cc(-c2ccc(-c3ccccc3)cc2)n1. The molecule has 31 heavy (non-hydrogen) atoms. The van der Waals surface area contributed by atoms with Crippen LogP contribution in [0.5, 0.6) is 5.75 Å². The van der Waals surface area contributed by atoms with Crippen LogP contribution in [0.1, 0.15) is 0 Å². The van der Waals surface area contributed by atoms with Crippen molar-refractivity contribution in [3.63, 3.8) is 0 Å². The summed E-state index contributed by atoms with van der Waals surface area (Å²) in [6, 6.07) is 37.8. The van der Waals surface area contributed by atoms with Crippen LogP contribution < -0.4 is 0 Å². The molecule has 3 heteroatoms. The molecule has 0 atom stereocenters. The van der Waals surface area contributed by atoms with Gasteiger partial charge in [0.25, 0.3) is 0 Å². The second-order valence-corrected chi connectivity index (χ2v) is 7.29. The van der Waals surface area contributed by atoms with Crippen LogP contribution in [0, 0.1) is 0 Å². The Morgan fingerprint density at radius 3 is 1.52 bits per heavy atom. The molecule has 0 amide bonds. The number of benzene rings is 4. The molecule has 1 aromatic heterocycles. The number of hydrogen-bond acceptors (Lipinski definition) is 3. The summed E-state index contributed by atoms with van der Waals surface area (Å²) in [4.78, 5) is 9.55. The lowest BCUT2D eigenvalue weighted by molar-refractivity contribution is 0.477. The minimum atomic E-state index is 0.165. The van der Waals surface area contributed by atoms with Gasteiger partial charge >= 0.3 is 0 Å². The largest absolute Gasteiger partial charge is 0.507 e. The molecule has 0 saturated carbocycles. The van der Waals surface area contributed by atoms with Crippen LogP contribution in [0.2, 0.25) is 0 Å². The van der Waals surface area contributed by atoms with Gasteiger partial charge in [-0.1, -0.05) is 97.1 Å². The standard InChI is InChI=1S/C28H20N2O/c31-27-14-8-7-13-24(27)28-29-25(22-11-5-2-6-12-22)19-26(30-28)23-17-15-21(16-18-23)20-9-3-1-4-10-20/h1-19,31H. The summed E-state index contributed by atoms with van der Waals surface area (Å²) < 4.78 is 0. The highest BCUT2D eigenvalue weighted by Crippen LogP contribution is 2.32. The number of phenolic OH excluding ortho intramolecular Hbond substituents is 1. The third-order valence-corrected chi connectivity index (χ3v) is 5.23. The lowest BCUT2D eigenvalue weighted by atomic mass is 10.0. The molecule has 3 nitrogen and oxygen atoms in total. The van der Waals surface area contributed by atoms with Crippen LogP contribution in [0.15, 0.2) is 115 Å². The molecule has 0 aliphatic carbocycles. The van der Waals surface area contributed by atoms with Gasteiger partial charge in [-0.3, -0.25) is 0 Å². The third kappa shape index (κ3) is 3.94. The first-order valence-corrected chi connectivity index (χ1v) is 10.2. The Bertz CT molecular complexity index is 1310. The molecule has 0 unspecified atom stereocenters. The van der Waals surface area contributed by atoms with Crippen LogP contribution >= 0.6 is 0 Å². The summed E-state index contributed by atoms with van der Waals surface area (Å²) in [6.07, 6.45) is 0. The molecule has 0 aliphatic heterocycles. The summed E-state index contributed by atoms with van der Waals surface area (Å²) >= 11 is 0. The van der Waals surface area contributed by atoms with Crippen LogP contribution in [0.3, 0.4) is 0 Å². The van der Waals surface area contributed by atoms with Gasteiger partial charge in [0.05, 0.1) is 17.0 Å². The maximum Gasteiger partial charge on any atom is 0.164 e. The Balaban J connectivity index is 1.63. The second kappa shape index (κ2) is 8.25. The van der Waals surface area contributed by atoms with Crippen molar-refractivity contribution in [3.8, 4) is 50.8 Å². The van der Waals surface area contributed by atoms with Gasteiger partial charge in [0.2, 0.25) is 0 Å². The predicted octanol–water partition coefficient (Wildman–Crippen LogP) is 6.85. The first kappa shape index (κ1) is 18.8. The summed E-state index contributed by atoms with van der Waals surface area (Å²) in [5, 5.41) is 10.4. The normalized spacial score (nSPS) is 10.7. The van der Waals surface area contributed by atoms with Crippen LogP contribution in [-0.4, -0.2) is 15.1 Å². The monoisotopic (exact) mass is 400 g/mol. The minimum Gasteiger partial charge on any atom is -0.507 e. The van der Waals surface area contributed by atoms with Crippen molar-refractivity contribution in [2.24, 2.45) is 0 Å². The number of rotatable bonds is 4. The smallest absolute Gasteiger partial charge is 0.164 e. The predicted molar refractivity (Wildman–Crippen MR) is 125 cm³/mol. The van der Waals surface area contributed by atoms with Crippen molar-refractivity contribution >= 4 is 0 Å². The number of para-hydroxylation sites is 1. The van der Waals surface area contributed by atoms with E-state index in [0.717, 1.165) is 28.1 Å². The Morgan fingerprint density at radius 2 is 0.903 bits per heavy atom. The molecule has 1 N–H and O–H groups in total. The molecule has 0 bridgehead atoms. The fraction of sp³-hybridized carbons (Fsp3) is 0. The zero-order valence-corrected chi connectivity index (χ0v) is 16.8. The van der Waals surface area contributed by atoms with E-state index in [2.05, 4.69) is 36.4 Å². The van der Waals surface area contributed by atoms with Crippen LogP contribution in [0.25, 0.3) is 45.0 Å². The molecule has 0 aliphatic rings. The number of nitrogens with zero attached hydrogens (tertiary/aromatic N) is 2. The van der Waals surface area contributed by atoms with Crippen LogP contribution in [0.4, 0.5) is 0 Å². The summed E-state index contributed by atoms with van der Waals surface area (Å²) in [7, 11) is 0. The Hall–Kier alpha value is -4.24. The summed E-state index contributed by atoms with van der Waals surface area (Å²) in [6.45, 7) is 0. The van der Waals surface area contributed by atoms with Crippen molar-refractivity contribution in [2.75, 3.05) is 0 Å². The average molecular weight is 400 g/mol. The van der Waals surface area contributed by atoms with E-state index < -0.39 is 0 Å². The molecule has 0 spiro atoms. The van der Waals surface area contributed by atoms with E-state index in [4.69, 9.17) is 9.97 Å². The summed E-state index contributed by atoms with van der Waals surface area (Å²) in [5.41, 5.74) is 6.57. The number of hydrogen-bond donors (Lipinski definition) is 1. The number of phenols is 1. The lowest BCUT2D eigenvalue weighted by Gasteiger charge is -2.11. The van der Waals surface area contributed by atoms with E-state index in [1.807, 2.05) is 66.7 Å². The van der Waals surface area contributed by atoms with Crippen LogP contribution in [-0.2, 0) is 0 Å². The Kier molecular flexibility index (Phi) is 4.99. The first-order chi connectivity index (χ1) is 15.3. The first-order valence-electron chi connectivity index (χ1n) is 10.2. The topological polar surface area (TPSA) is 46.0 Å². The Labute approximate surface area is 181 Å². The minimum absolute atomic E-state index is 0.165. The number of aromatic nitrogens is 2. The van der Waals surface area contributed by atoms with E-state index in [0.29, 0.717) is 11.4 Å². The molecule has 148 valence electrons. The zero-order valence-electron chi connectivity index (χ0n) is 16.8. The molecular weight excluding hydrogens is 380 g/mol. The van der Waals surface area contributed by atoms with E-state index in [9.17, 15) is 5.11 Å².